The van der Waals surface area contributed by atoms with Gasteiger partial charge < -0.3 is 5.32 Å². The number of unbranched alkanes of at least 4 members (excludes halogenated alkanes) is 2. The highest BCUT2D eigenvalue weighted by Gasteiger charge is 2.25. The van der Waals surface area contributed by atoms with Gasteiger partial charge in [-0.15, -0.1) is 0 Å². The van der Waals surface area contributed by atoms with E-state index in [1.807, 2.05) is 0 Å². The van der Waals surface area contributed by atoms with Gasteiger partial charge in [-0.3, -0.25) is 4.79 Å². The summed E-state index contributed by atoms with van der Waals surface area (Å²) in [5.74, 6) is 0.102. The van der Waals surface area contributed by atoms with Crippen molar-refractivity contribution >= 4 is 5.91 Å². The van der Waals surface area contributed by atoms with Crippen LogP contribution >= 0.6 is 0 Å². The first kappa shape index (κ1) is 13.5. The van der Waals surface area contributed by atoms with Crippen LogP contribution in [0.4, 0.5) is 0 Å². The zero-order valence-electron chi connectivity index (χ0n) is 10.2. The summed E-state index contributed by atoms with van der Waals surface area (Å²) in [5.41, 5.74) is 0.0566. The SMILES string of the molecule is CCCCCC(CC)(CC)NC(C)=O. The van der Waals surface area contributed by atoms with E-state index < -0.39 is 0 Å². The van der Waals surface area contributed by atoms with Crippen molar-refractivity contribution in [2.75, 3.05) is 0 Å². The van der Waals surface area contributed by atoms with Crippen LogP contribution in [0.5, 0.6) is 0 Å². The number of nitrogens with one attached hydrogen (secondary N) is 1. The molecule has 0 aliphatic heterocycles. The highest BCUT2D eigenvalue weighted by molar-refractivity contribution is 5.73. The molecule has 14 heavy (non-hydrogen) atoms. The molecule has 2 heteroatoms. The Labute approximate surface area is 88.5 Å². The Balaban J connectivity index is 4.14. The minimum absolute atomic E-state index is 0.0566. The highest BCUT2D eigenvalue weighted by Crippen LogP contribution is 2.22. The van der Waals surface area contributed by atoms with E-state index in [4.69, 9.17) is 0 Å². The first-order valence-electron chi connectivity index (χ1n) is 5.89. The maximum atomic E-state index is 11.1. The summed E-state index contributed by atoms with van der Waals surface area (Å²) in [6.07, 6.45) is 6.91. The molecule has 0 radical (unpaired) electrons. The smallest absolute Gasteiger partial charge is 0.217 e. The summed E-state index contributed by atoms with van der Waals surface area (Å²) >= 11 is 0. The standard InChI is InChI=1S/C12H25NO/c1-5-8-9-10-12(6-2,7-3)13-11(4)14/h5-10H2,1-4H3,(H,13,14). The van der Waals surface area contributed by atoms with Crippen LogP contribution in [0, 0.1) is 0 Å². The zero-order valence-corrected chi connectivity index (χ0v) is 10.2. The number of amides is 1. The van der Waals surface area contributed by atoms with Crippen molar-refractivity contribution < 1.29 is 4.79 Å². The van der Waals surface area contributed by atoms with Crippen molar-refractivity contribution in [3.63, 3.8) is 0 Å². The van der Waals surface area contributed by atoms with Crippen LogP contribution in [0.3, 0.4) is 0 Å². The van der Waals surface area contributed by atoms with Crippen LogP contribution in [0.15, 0.2) is 0 Å². The van der Waals surface area contributed by atoms with Gasteiger partial charge in [0.25, 0.3) is 0 Å². The molecule has 0 bridgehead atoms. The molecule has 2 nitrogen and oxygen atoms in total. The monoisotopic (exact) mass is 199 g/mol. The van der Waals surface area contributed by atoms with E-state index >= 15 is 0 Å². The van der Waals surface area contributed by atoms with Crippen LogP contribution in [-0.2, 0) is 4.79 Å². The van der Waals surface area contributed by atoms with Crippen LogP contribution in [0.1, 0.15) is 66.2 Å². The maximum Gasteiger partial charge on any atom is 0.217 e. The lowest BCUT2D eigenvalue weighted by Gasteiger charge is -2.32. The first-order valence-corrected chi connectivity index (χ1v) is 5.89. The van der Waals surface area contributed by atoms with Gasteiger partial charge in [0.05, 0.1) is 0 Å². The summed E-state index contributed by atoms with van der Waals surface area (Å²) < 4.78 is 0. The molecule has 0 fully saturated rings. The fourth-order valence-electron chi connectivity index (χ4n) is 1.93. The van der Waals surface area contributed by atoms with Gasteiger partial charge in [0.1, 0.15) is 0 Å². The normalized spacial score (nSPS) is 11.4. The maximum absolute atomic E-state index is 11.1. The van der Waals surface area contributed by atoms with E-state index in [1.165, 1.54) is 19.3 Å². The van der Waals surface area contributed by atoms with Crippen molar-refractivity contribution in [2.45, 2.75) is 71.8 Å². The average Bonchev–Trinajstić information content (AvgIpc) is 2.16. The molecule has 0 aromatic rings. The van der Waals surface area contributed by atoms with E-state index in [9.17, 15) is 4.79 Å². The molecular formula is C12H25NO. The Kier molecular flexibility index (Phi) is 6.60. The Morgan fingerprint density at radius 2 is 1.71 bits per heavy atom. The Bertz CT molecular complexity index is 162. The lowest BCUT2D eigenvalue weighted by Crippen LogP contribution is -2.46. The number of rotatable bonds is 7. The highest BCUT2D eigenvalue weighted by atomic mass is 16.1. The molecule has 0 saturated carbocycles. The van der Waals surface area contributed by atoms with Gasteiger partial charge in [0.2, 0.25) is 5.91 Å². The second-order valence-electron chi connectivity index (χ2n) is 4.13. The third-order valence-corrected chi connectivity index (χ3v) is 3.05. The summed E-state index contributed by atoms with van der Waals surface area (Å²) in [6.45, 7) is 8.13. The molecule has 1 amide bonds. The molecule has 0 spiro atoms. The van der Waals surface area contributed by atoms with E-state index in [1.54, 1.807) is 6.92 Å². The van der Waals surface area contributed by atoms with Gasteiger partial charge in [0, 0.05) is 12.5 Å². The molecule has 0 atom stereocenters. The molecule has 0 heterocycles. The van der Waals surface area contributed by atoms with Gasteiger partial charge >= 0.3 is 0 Å². The minimum atomic E-state index is 0.0566. The van der Waals surface area contributed by atoms with Gasteiger partial charge in [-0.2, -0.15) is 0 Å². The zero-order chi connectivity index (χ0) is 11.0. The topological polar surface area (TPSA) is 29.1 Å². The molecule has 0 aliphatic rings. The average molecular weight is 199 g/mol. The van der Waals surface area contributed by atoms with E-state index in [2.05, 4.69) is 26.1 Å². The van der Waals surface area contributed by atoms with Crippen molar-refractivity contribution in [1.82, 2.24) is 5.32 Å². The summed E-state index contributed by atoms with van der Waals surface area (Å²) in [7, 11) is 0. The van der Waals surface area contributed by atoms with Crippen molar-refractivity contribution in [2.24, 2.45) is 0 Å². The van der Waals surface area contributed by atoms with E-state index in [0.29, 0.717) is 0 Å². The van der Waals surface area contributed by atoms with E-state index in [0.717, 1.165) is 19.3 Å². The number of hydrogen-bond donors (Lipinski definition) is 1. The van der Waals surface area contributed by atoms with Gasteiger partial charge in [-0.05, 0) is 19.3 Å². The fourth-order valence-corrected chi connectivity index (χ4v) is 1.93. The predicted molar refractivity (Wildman–Crippen MR) is 61.3 cm³/mol. The number of carbonyl (C=O) groups is 1. The Morgan fingerprint density at radius 1 is 1.14 bits per heavy atom. The third kappa shape index (κ3) is 4.64. The molecule has 0 aromatic carbocycles. The molecule has 0 saturated heterocycles. The second kappa shape index (κ2) is 6.86. The molecule has 0 unspecified atom stereocenters. The van der Waals surface area contributed by atoms with Crippen molar-refractivity contribution in [3.05, 3.63) is 0 Å². The first-order chi connectivity index (χ1) is 6.60. The summed E-state index contributed by atoms with van der Waals surface area (Å²) in [6, 6.07) is 0. The quantitative estimate of drug-likeness (QED) is 0.626. The largest absolute Gasteiger partial charge is 0.351 e. The van der Waals surface area contributed by atoms with Gasteiger partial charge in [-0.25, -0.2) is 0 Å². The van der Waals surface area contributed by atoms with Crippen LogP contribution in [0.25, 0.3) is 0 Å². The predicted octanol–water partition coefficient (Wildman–Crippen LogP) is 3.26. The number of carbonyl (C=O) groups excluding carboxylic acids is 1. The molecule has 0 aliphatic carbocycles. The lowest BCUT2D eigenvalue weighted by molar-refractivity contribution is -0.121. The van der Waals surface area contributed by atoms with Crippen LogP contribution < -0.4 is 5.32 Å². The fraction of sp³-hybridized carbons (Fsp3) is 0.917. The van der Waals surface area contributed by atoms with Crippen molar-refractivity contribution in [3.8, 4) is 0 Å². The third-order valence-electron chi connectivity index (χ3n) is 3.05. The van der Waals surface area contributed by atoms with E-state index in [-0.39, 0.29) is 11.4 Å². The molecule has 0 aromatic heterocycles. The second-order valence-corrected chi connectivity index (χ2v) is 4.13. The summed E-state index contributed by atoms with van der Waals surface area (Å²) in [5, 5.41) is 3.11. The minimum Gasteiger partial charge on any atom is -0.351 e. The summed E-state index contributed by atoms with van der Waals surface area (Å²) in [4.78, 5) is 11.1. The lowest BCUT2D eigenvalue weighted by atomic mass is 9.86. The Hall–Kier alpha value is -0.530. The van der Waals surface area contributed by atoms with Gasteiger partial charge in [-0.1, -0.05) is 40.0 Å². The molecular weight excluding hydrogens is 174 g/mol. The Morgan fingerprint density at radius 3 is 2.07 bits per heavy atom. The van der Waals surface area contributed by atoms with Crippen LogP contribution in [0.2, 0.25) is 0 Å². The molecule has 0 rings (SSSR count). The molecule has 84 valence electrons. The van der Waals surface area contributed by atoms with Crippen LogP contribution in [-0.4, -0.2) is 11.4 Å². The van der Waals surface area contributed by atoms with Gasteiger partial charge in [0.15, 0.2) is 0 Å². The van der Waals surface area contributed by atoms with Crippen molar-refractivity contribution in [1.29, 1.82) is 0 Å². The number of hydrogen-bond acceptors (Lipinski definition) is 1. The molecule has 1 N–H and O–H groups in total.